The second-order valence-electron chi connectivity index (χ2n) is 4.99. The van der Waals surface area contributed by atoms with Crippen LogP contribution in [0.2, 0.25) is 0 Å². The van der Waals surface area contributed by atoms with E-state index < -0.39 is 0 Å². The summed E-state index contributed by atoms with van der Waals surface area (Å²) in [5, 5.41) is 11.0. The molecule has 0 radical (unpaired) electrons. The van der Waals surface area contributed by atoms with Gasteiger partial charge in [-0.3, -0.25) is 0 Å². The second kappa shape index (κ2) is 6.15. The van der Waals surface area contributed by atoms with Crippen molar-refractivity contribution in [3.63, 3.8) is 0 Å². The van der Waals surface area contributed by atoms with Crippen molar-refractivity contribution in [2.45, 2.75) is 70.1 Å². The van der Waals surface area contributed by atoms with E-state index in [9.17, 15) is 5.11 Å². The summed E-state index contributed by atoms with van der Waals surface area (Å²) in [5.74, 6) is 1.87. The van der Waals surface area contributed by atoms with Crippen LogP contribution in [-0.2, 0) is 0 Å². The van der Waals surface area contributed by atoms with E-state index in [1.807, 2.05) is 11.8 Å². The van der Waals surface area contributed by atoms with Gasteiger partial charge in [0.2, 0.25) is 0 Å². The molecule has 1 nitrogen and oxygen atoms in total. The zero-order chi connectivity index (χ0) is 11.3. The average Bonchev–Trinajstić information content (AvgIpc) is 2.54. The van der Waals surface area contributed by atoms with Gasteiger partial charge in [0.1, 0.15) is 0 Å². The maximum atomic E-state index is 10.5. The lowest BCUT2D eigenvalue weighted by Gasteiger charge is -2.31. The van der Waals surface area contributed by atoms with Crippen molar-refractivity contribution in [3.8, 4) is 0 Å². The van der Waals surface area contributed by atoms with Gasteiger partial charge in [0.25, 0.3) is 0 Å². The molecular formula is C13H26OS. The van der Waals surface area contributed by atoms with E-state index in [1.165, 1.54) is 25.7 Å². The normalized spacial score (nSPS) is 33.2. The Bertz CT molecular complexity index is 183. The van der Waals surface area contributed by atoms with Crippen LogP contribution in [0, 0.1) is 5.92 Å². The standard InChI is InChI=1S/C13H26OS/c1-4-6-7-12(5-2)10-13(14)8-9-15-11(13)3/h11-12,14H,4-10H2,1-3H3. The third kappa shape index (κ3) is 3.67. The quantitative estimate of drug-likeness (QED) is 0.748. The fourth-order valence-electron chi connectivity index (χ4n) is 2.48. The molecule has 1 rings (SSSR count). The number of rotatable bonds is 6. The van der Waals surface area contributed by atoms with E-state index in [-0.39, 0.29) is 5.60 Å². The lowest BCUT2D eigenvalue weighted by molar-refractivity contribution is 0.0185. The van der Waals surface area contributed by atoms with Crippen LogP contribution >= 0.6 is 11.8 Å². The van der Waals surface area contributed by atoms with Crippen molar-refractivity contribution in [3.05, 3.63) is 0 Å². The minimum absolute atomic E-state index is 0.362. The fraction of sp³-hybridized carbons (Fsp3) is 1.00. The highest BCUT2D eigenvalue weighted by Gasteiger charge is 2.39. The second-order valence-corrected chi connectivity index (χ2v) is 6.44. The molecule has 0 aromatic carbocycles. The summed E-state index contributed by atoms with van der Waals surface area (Å²) >= 11 is 1.93. The van der Waals surface area contributed by atoms with E-state index in [0.717, 1.165) is 24.5 Å². The van der Waals surface area contributed by atoms with Crippen LogP contribution in [0.1, 0.15) is 59.3 Å². The van der Waals surface area contributed by atoms with Crippen LogP contribution in [0.5, 0.6) is 0 Å². The zero-order valence-electron chi connectivity index (χ0n) is 10.5. The van der Waals surface area contributed by atoms with Crippen molar-refractivity contribution in [1.82, 2.24) is 0 Å². The summed E-state index contributed by atoms with van der Waals surface area (Å²) in [5.41, 5.74) is -0.362. The van der Waals surface area contributed by atoms with Gasteiger partial charge >= 0.3 is 0 Å². The molecule has 0 bridgehead atoms. The molecule has 1 aliphatic rings. The van der Waals surface area contributed by atoms with Gasteiger partial charge in [-0.15, -0.1) is 0 Å². The monoisotopic (exact) mass is 230 g/mol. The first kappa shape index (κ1) is 13.4. The summed E-state index contributed by atoms with van der Waals surface area (Å²) < 4.78 is 0. The molecule has 0 amide bonds. The first-order valence-corrected chi connectivity index (χ1v) is 7.51. The number of hydrogen-bond acceptors (Lipinski definition) is 2. The molecule has 0 aliphatic carbocycles. The summed E-state index contributed by atoms with van der Waals surface area (Å²) in [6, 6.07) is 0. The Kier molecular flexibility index (Phi) is 5.48. The molecule has 3 atom stereocenters. The Hall–Kier alpha value is 0.310. The first-order chi connectivity index (χ1) is 7.12. The largest absolute Gasteiger partial charge is 0.389 e. The van der Waals surface area contributed by atoms with Gasteiger partial charge in [-0.1, -0.05) is 46.5 Å². The van der Waals surface area contributed by atoms with E-state index in [2.05, 4.69) is 20.8 Å². The molecule has 1 fully saturated rings. The van der Waals surface area contributed by atoms with E-state index in [0.29, 0.717) is 5.25 Å². The fourth-order valence-corrected chi connectivity index (χ4v) is 3.83. The van der Waals surface area contributed by atoms with Crippen LogP contribution < -0.4 is 0 Å². The van der Waals surface area contributed by atoms with Gasteiger partial charge in [0, 0.05) is 5.25 Å². The maximum Gasteiger partial charge on any atom is 0.0773 e. The van der Waals surface area contributed by atoms with Crippen LogP contribution in [-0.4, -0.2) is 21.7 Å². The summed E-state index contributed by atoms with van der Waals surface area (Å²) in [4.78, 5) is 0. The van der Waals surface area contributed by atoms with E-state index in [1.54, 1.807) is 0 Å². The summed E-state index contributed by atoms with van der Waals surface area (Å²) in [7, 11) is 0. The average molecular weight is 230 g/mol. The topological polar surface area (TPSA) is 20.2 Å². The zero-order valence-corrected chi connectivity index (χ0v) is 11.3. The SMILES string of the molecule is CCCCC(CC)CC1(O)CCSC1C. The molecule has 15 heavy (non-hydrogen) atoms. The molecule has 2 heteroatoms. The van der Waals surface area contributed by atoms with Crippen molar-refractivity contribution in [2.24, 2.45) is 5.92 Å². The third-order valence-corrected chi connectivity index (χ3v) is 5.22. The molecule has 1 aliphatic heterocycles. The minimum Gasteiger partial charge on any atom is -0.389 e. The van der Waals surface area contributed by atoms with Crippen LogP contribution in [0.3, 0.4) is 0 Å². The molecule has 1 heterocycles. The Balaban J connectivity index is 2.42. The molecule has 0 aromatic rings. The molecule has 0 saturated carbocycles. The maximum absolute atomic E-state index is 10.5. The van der Waals surface area contributed by atoms with Gasteiger partial charge in [-0.05, 0) is 24.5 Å². The molecule has 0 aromatic heterocycles. The molecular weight excluding hydrogens is 204 g/mol. The van der Waals surface area contributed by atoms with E-state index in [4.69, 9.17) is 0 Å². The summed E-state index contributed by atoms with van der Waals surface area (Å²) in [6.45, 7) is 6.69. The first-order valence-electron chi connectivity index (χ1n) is 6.46. The molecule has 1 N–H and O–H groups in total. The number of hydrogen-bond donors (Lipinski definition) is 1. The highest BCUT2D eigenvalue weighted by molar-refractivity contribution is 8.00. The van der Waals surface area contributed by atoms with Gasteiger partial charge in [-0.25, -0.2) is 0 Å². The number of unbranched alkanes of at least 4 members (excludes halogenated alkanes) is 1. The predicted octanol–water partition coefficient (Wildman–Crippen LogP) is 3.85. The smallest absolute Gasteiger partial charge is 0.0773 e. The van der Waals surface area contributed by atoms with Gasteiger partial charge in [-0.2, -0.15) is 11.8 Å². The minimum atomic E-state index is -0.362. The Morgan fingerprint density at radius 3 is 2.67 bits per heavy atom. The number of thioether (sulfide) groups is 1. The molecule has 3 unspecified atom stereocenters. The van der Waals surface area contributed by atoms with Gasteiger partial charge < -0.3 is 5.11 Å². The number of aliphatic hydroxyl groups is 1. The highest BCUT2D eigenvalue weighted by Crippen LogP contribution is 2.41. The van der Waals surface area contributed by atoms with Crippen LogP contribution in [0.4, 0.5) is 0 Å². The Morgan fingerprint density at radius 2 is 2.20 bits per heavy atom. The lowest BCUT2D eigenvalue weighted by atomic mass is 9.83. The lowest BCUT2D eigenvalue weighted by Crippen LogP contribution is -2.36. The predicted molar refractivity (Wildman–Crippen MR) is 69.4 cm³/mol. The molecule has 1 saturated heterocycles. The van der Waals surface area contributed by atoms with Crippen molar-refractivity contribution >= 4 is 11.8 Å². The third-order valence-electron chi connectivity index (χ3n) is 3.84. The van der Waals surface area contributed by atoms with Crippen molar-refractivity contribution in [1.29, 1.82) is 0 Å². The van der Waals surface area contributed by atoms with Gasteiger partial charge in [0.15, 0.2) is 0 Å². The van der Waals surface area contributed by atoms with Crippen LogP contribution in [0.25, 0.3) is 0 Å². The molecule has 0 spiro atoms. The van der Waals surface area contributed by atoms with Gasteiger partial charge in [0.05, 0.1) is 5.60 Å². The Labute approximate surface area is 99.0 Å². The van der Waals surface area contributed by atoms with E-state index >= 15 is 0 Å². The Morgan fingerprint density at radius 1 is 1.47 bits per heavy atom. The summed E-state index contributed by atoms with van der Waals surface area (Å²) in [6.07, 6.45) is 7.14. The van der Waals surface area contributed by atoms with Crippen molar-refractivity contribution < 1.29 is 5.11 Å². The van der Waals surface area contributed by atoms with Crippen LogP contribution in [0.15, 0.2) is 0 Å². The van der Waals surface area contributed by atoms with Crippen molar-refractivity contribution in [2.75, 3.05) is 5.75 Å². The molecule has 90 valence electrons. The highest BCUT2D eigenvalue weighted by atomic mass is 32.2.